The zero-order chi connectivity index (χ0) is 10.4. The summed E-state index contributed by atoms with van der Waals surface area (Å²) in [5, 5.41) is 8.30. The fraction of sp³-hybridized carbons (Fsp3) is 0.300. The highest BCUT2D eigenvalue weighted by Crippen LogP contribution is 2.14. The first-order valence-corrected chi connectivity index (χ1v) is 4.47. The molecular weight excluding hydrogens is 182 g/mol. The number of amides is 1. The summed E-state index contributed by atoms with van der Waals surface area (Å²) in [7, 11) is 0. The van der Waals surface area contributed by atoms with E-state index >= 15 is 0 Å². The molecule has 76 valence electrons. The van der Waals surface area contributed by atoms with Crippen molar-refractivity contribution >= 4 is 11.8 Å². The van der Waals surface area contributed by atoms with Crippen molar-refractivity contribution in [2.24, 2.45) is 0 Å². The van der Waals surface area contributed by atoms with Gasteiger partial charge in [-0.05, 0) is 18.6 Å². The van der Waals surface area contributed by atoms with Crippen molar-refractivity contribution < 1.29 is 14.9 Å². The Balaban J connectivity index is 2.83. The third kappa shape index (κ3) is 2.47. The van der Waals surface area contributed by atoms with Gasteiger partial charge in [-0.2, -0.15) is 5.26 Å². The molecule has 0 radical (unpaired) electrons. The second-order valence-electron chi connectivity index (χ2n) is 2.84. The zero-order valence-corrected chi connectivity index (χ0v) is 8.01. The van der Waals surface area contributed by atoms with E-state index in [-0.39, 0.29) is 0 Å². The van der Waals surface area contributed by atoms with Gasteiger partial charge in [0.15, 0.2) is 0 Å². The molecule has 1 N–H and O–H groups in total. The first-order valence-electron chi connectivity index (χ1n) is 4.47. The lowest BCUT2D eigenvalue weighted by molar-refractivity contribution is -0.175. The molecule has 0 aliphatic rings. The number of carbonyl (C=O) groups is 1. The van der Waals surface area contributed by atoms with Gasteiger partial charge < -0.3 is 0 Å². The molecule has 0 bridgehead atoms. The van der Waals surface area contributed by atoms with E-state index in [9.17, 15) is 4.79 Å². The number of carbonyl (C=O) groups excluding carboxylic acids is 1. The number of para-hydroxylation sites is 1. The number of hydrogen-bond donors (Lipinski definition) is 1. The Kier molecular flexibility index (Phi) is 3.94. The monoisotopic (exact) mass is 195 g/mol. The minimum Gasteiger partial charge on any atom is -0.278 e. The van der Waals surface area contributed by atoms with E-state index in [1.54, 1.807) is 12.1 Å². The largest absolute Gasteiger partial charge is 0.445 e. The first kappa shape index (κ1) is 10.5. The molecule has 4 heteroatoms. The van der Waals surface area contributed by atoms with Gasteiger partial charge in [0.2, 0.25) is 0 Å². The summed E-state index contributed by atoms with van der Waals surface area (Å²) < 4.78 is 0. The van der Waals surface area contributed by atoms with Gasteiger partial charge in [0.05, 0.1) is 0 Å². The topological polar surface area (TPSA) is 49.8 Å². The highest BCUT2D eigenvalue weighted by molar-refractivity contribution is 5.86. The fourth-order valence-corrected chi connectivity index (χ4v) is 1.21. The molecule has 1 aromatic carbocycles. The molecule has 4 nitrogen and oxygen atoms in total. The quantitative estimate of drug-likeness (QED) is 0.595. The molecule has 14 heavy (non-hydrogen) atoms. The van der Waals surface area contributed by atoms with E-state index in [2.05, 4.69) is 4.89 Å². The minimum absolute atomic E-state index is 0.517. The number of anilines is 1. The van der Waals surface area contributed by atoms with Gasteiger partial charge in [-0.1, -0.05) is 25.1 Å². The van der Waals surface area contributed by atoms with Crippen LogP contribution in [0.5, 0.6) is 0 Å². The van der Waals surface area contributed by atoms with Crippen molar-refractivity contribution in [1.82, 2.24) is 0 Å². The van der Waals surface area contributed by atoms with Gasteiger partial charge in [0.1, 0.15) is 0 Å². The Morgan fingerprint density at radius 3 is 2.57 bits per heavy atom. The Bertz CT molecular complexity index is 287. The van der Waals surface area contributed by atoms with Crippen LogP contribution in [0.1, 0.15) is 13.3 Å². The van der Waals surface area contributed by atoms with Crippen LogP contribution in [-0.4, -0.2) is 17.9 Å². The van der Waals surface area contributed by atoms with Gasteiger partial charge in [0.25, 0.3) is 0 Å². The molecule has 1 rings (SSSR count). The lowest BCUT2D eigenvalue weighted by atomic mass is 10.3. The van der Waals surface area contributed by atoms with Gasteiger partial charge in [0, 0.05) is 12.2 Å². The highest BCUT2D eigenvalue weighted by Gasteiger charge is 2.15. The van der Waals surface area contributed by atoms with Crippen molar-refractivity contribution in [3.05, 3.63) is 30.3 Å². The van der Waals surface area contributed by atoms with Crippen LogP contribution in [0, 0.1) is 0 Å². The molecule has 0 spiro atoms. The molecule has 1 aromatic rings. The van der Waals surface area contributed by atoms with Crippen molar-refractivity contribution in [2.75, 3.05) is 11.4 Å². The van der Waals surface area contributed by atoms with Gasteiger partial charge in [-0.25, -0.2) is 4.79 Å². The van der Waals surface area contributed by atoms with Crippen LogP contribution in [0.25, 0.3) is 0 Å². The second kappa shape index (κ2) is 5.24. The summed E-state index contributed by atoms with van der Waals surface area (Å²) in [4.78, 5) is 16.2. The van der Waals surface area contributed by atoms with Crippen molar-refractivity contribution in [3.8, 4) is 0 Å². The predicted molar refractivity (Wildman–Crippen MR) is 53.2 cm³/mol. The fourth-order valence-electron chi connectivity index (χ4n) is 1.21. The van der Waals surface area contributed by atoms with Crippen molar-refractivity contribution in [2.45, 2.75) is 13.3 Å². The van der Waals surface area contributed by atoms with Crippen LogP contribution in [0.2, 0.25) is 0 Å². The average molecular weight is 195 g/mol. The van der Waals surface area contributed by atoms with Gasteiger partial charge in [-0.15, -0.1) is 0 Å². The van der Waals surface area contributed by atoms with Crippen LogP contribution in [0.15, 0.2) is 30.3 Å². The average Bonchev–Trinajstić information content (AvgIpc) is 2.26. The summed E-state index contributed by atoms with van der Waals surface area (Å²) in [6.45, 7) is 2.46. The SMILES string of the molecule is CCCN(C(=O)OO)c1ccccc1. The maximum absolute atomic E-state index is 11.2. The smallest absolute Gasteiger partial charge is 0.278 e. The molecule has 0 saturated heterocycles. The van der Waals surface area contributed by atoms with Crippen molar-refractivity contribution in [1.29, 1.82) is 0 Å². The molecule has 0 aliphatic carbocycles. The van der Waals surface area contributed by atoms with E-state index in [4.69, 9.17) is 5.26 Å². The van der Waals surface area contributed by atoms with Gasteiger partial charge >= 0.3 is 6.09 Å². The minimum atomic E-state index is -0.752. The number of nitrogens with zero attached hydrogens (tertiary/aromatic N) is 1. The maximum Gasteiger partial charge on any atom is 0.445 e. The van der Waals surface area contributed by atoms with E-state index in [0.29, 0.717) is 12.2 Å². The van der Waals surface area contributed by atoms with E-state index < -0.39 is 6.09 Å². The number of rotatable bonds is 3. The molecule has 0 fully saturated rings. The molecule has 0 aliphatic heterocycles. The Morgan fingerprint density at radius 2 is 2.07 bits per heavy atom. The molecule has 0 atom stereocenters. The summed E-state index contributed by atoms with van der Waals surface area (Å²) in [5.41, 5.74) is 0.716. The lowest BCUT2D eigenvalue weighted by Crippen LogP contribution is -2.31. The highest BCUT2D eigenvalue weighted by atomic mass is 17.1. The van der Waals surface area contributed by atoms with E-state index in [1.807, 2.05) is 25.1 Å². The Hall–Kier alpha value is -1.55. The molecule has 0 aromatic heterocycles. The molecule has 0 heterocycles. The number of hydrogen-bond acceptors (Lipinski definition) is 3. The molecule has 0 saturated carbocycles. The second-order valence-corrected chi connectivity index (χ2v) is 2.84. The van der Waals surface area contributed by atoms with E-state index in [0.717, 1.165) is 6.42 Å². The zero-order valence-electron chi connectivity index (χ0n) is 8.01. The molecular formula is C10H13NO3. The Morgan fingerprint density at radius 1 is 1.43 bits per heavy atom. The first-order chi connectivity index (χ1) is 6.79. The summed E-state index contributed by atoms with van der Waals surface area (Å²) in [6.07, 6.45) is 0.0438. The van der Waals surface area contributed by atoms with E-state index in [1.165, 1.54) is 4.90 Å². The summed E-state index contributed by atoms with van der Waals surface area (Å²) in [5.74, 6) is 0. The van der Waals surface area contributed by atoms with Gasteiger partial charge in [-0.3, -0.25) is 9.79 Å². The summed E-state index contributed by atoms with van der Waals surface area (Å²) >= 11 is 0. The molecule has 1 amide bonds. The summed E-state index contributed by atoms with van der Waals surface area (Å²) in [6, 6.07) is 9.07. The van der Waals surface area contributed by atoms with Crippen LogP contribution < -0.4 is 4.90 Å². The normalized spacial score (nSPS) is 9.57. The lowest BCUT2D eigenvalue weighted by Gasteiger charge is -2.18. The van der Waals surface area contributed by atoms with Crippen LogP contribution >= 0.6 is 0 Å². The standard InChI is InChI=1S/C10H13NO3/c1-2-8-11(10(12)14-13)9-6-4-3-5-7-9/h3-7,13H,2,8H2,1H3. The third-order valence-electron chi connectivity index (χ3n) is 1.81. The number of benzene rings is 1. The van der Waals surface area contributed by atoms with Crippen molar-refractivity contribution in [3.63, 3.8) is 0 Å². The maximum atomic E-state index is 11.2. The van der Waals surface area contributed by atoms with Crippen LogP contribution in [0.3, 0.4) is 0 Å². The van der Waals surface area contributed by atoms with Crippen LogP contribution in [-0.2, 0) is 4.89 Å². The predicted octanol–water partition coefficient (Wildman–Crippen LogP) is 2.51. The molecule has 0 unspecified atom stereocenters. The third-order valence-corrected chi connectivity index (χ3v) is 1.81. The Labute approximate surface area is 82.6 Å². The van der Waals surface area contributed by atoms with Crippen LogP contribution in [0.4, 0.5) is 10.5 Å².